The molecule has 2 rings (SSSR count). The average molecular weight is 252 g/mol. The van der Waals surface area contributed by atoms with E-state index in [-0.39, 0.29) is 0 Å². The lowest BCUT2D eigenvalue weighted by Gasteiger charge is -2.37. The molecule has 0 spiro atoms. The van der Waals surface area contributed by atoms with Crippen molar-refractivity contribution in [2.24, 2.45) is 0 Å². The van der Waals surface area contributed by atoms with Gasteiger partial charge in [0.15, 0.2) is 0 Å². The number of rotatable bonds is 3. The van der Waals surface area contributed by atoms with Gasteiger partial charge in [-0.3, -0.25) is 0 Å². The van der Waals surface area contributed by atoms with Gasteiger partial charge in [-0.15, -0.1) is 0 Å². The van der Waals surface area contributed by atoms with Crippen molar-refractivity contribution in [2.75, 3.05) is 19.6 Å². The predicted octanol–water partition coefficient (Wildman–Crippen LogP) is 2.64. The van der Waals surface area contributed by atoms with Crippen LogP contribution in [0.25, 0.3) is 0 Å². The van der Waals surface area contributed by atoms with Gasteiger partial charge in [-0.25, -0.2) is 0 Å². The Bertz CT molecular complexity index is 514. The number of hydrogen-bond donors (Lipinski definition) is 0. The summed E-state index contributed by atoms with van der Waals surface area (Å²) >= 11 is 0. The van der Waals surface area contributed by atoms with Crippen molar-refractivity contribution in [3.05, 3.63) is 42.3 Å². The highest BCUT2D eigenvalue weighted by atomic mass is 15.1. The lowest BCUT2D eigenvalue weighted by Crippen LogP contribution is -2.42. The molecule has 97 valence electrons. The fourth-order valence-electron chi connectivity index (χ4n) is 2.82. The maximum atomic E-state index is 9.64. The van der Waals surface area contributed by atoms with Crippen LogP contribution < -0.4 is 0 Å². The Morgan fingerprint density at radius 3 is 2.47 bits per heavy atom. The van der Waals surface area contributed by atoms with Gasteiger partial charge in [0, 0.05) is 0 Å². The molecule has 1 radical (unpaired) electrons. The molecule has 19 heavy (non-hydrogen) atoms. The average Bonchev–Trinajstić information content (AvgIpc) is 2.48. The van der Waals surface area contributed by atoms with Gasteiger partial charge < -0.3 is 4.90 Å². The van der Waals surface area contributed by atoms with Crippen LogP contribution >= 0.6 is 0 Å². The third-order valence-electron chi connectivity index (χ3n) is 3.96. The van der Waals surface area contributed by atoms with E-state index in [1.165, 1.54) is 0 Å². The standard InChI is InChI=1S/C16H18N3/c1-2-9-19-10-7-16(13-18,8-11-19)15-6-4-3-5-14(15)12-17/h3-6H,1-2,7-11H2. The number of piperidine rings is 1. The molecule has 1 aromatic rings. The summed E-state index contributed by atoms with van der Waals surface area (Å²) in [5.41, 5.74) is 1.04. The summed E-state index contributed by atoms with van der Waals surface area (Å²) in [7, 11) is 0. The second-order valence-electron chi connectivity index (χ2n) is 5.05. The molecular formula is C16H18N3. The van der Waals surface area contributed by atoms with Crippen molar-refractivity contribution in [1.29, 1.82) is 10.5 Å². The largest absolute Gasteiger partial charge is 0.303 e. The van der Waals surface area contributed by atoms with Crippen molar-refractivity contribution >= 4 is 0 Å². The molecule has 0 aromatic heterocycles. The third kappa shape index (κ3) is 2.62. The molecule has 1 fully saturated rings. The maximum Gasteiger partial charge on any atom is 0.0995 e. The Labute approximate surface area is 115 Å². The van der Waals surface area contributed by atoms with Crippen molar-refractivity contribution in [2.45, 2.75) is 24.7 Å². The van der Waals surface area contributed by atoms with Crippen LogP contribution in [0.3, 0.4) is 0 Å². The normalized spacial score (nSPS) is 18.5. The van der Waals surface area contributed by atoms with Crippen LogP contribution in [-0.4, -0.2) is 24.5 Å². The molecule has 0 N–H and O–H groups in total. The number of nitrogens with zero attached hydrogens (tertiary/aromatic N) is 3. The van der Waals surface area contributed by atoms with Crippen LogP contribution in [0.15, 0.2) is 24.3 Å². The van der Waals surface area contributed by atoms with Crippen LogP contribution in [0.5, 0.6) is 0 Å². The van der Waals surface area contributed by atoms with Gasteiger partial charge in [-0.05, 0) is 50.5 Å². The van der Waals surface area contributed by atoms with E-state index in [1.54, 1.807) is 6.07 Å². The zero-order valence-corrected chi connectivity index (χ0v) is 11.1. The van der Waals surface area contributed by atoms with E-state index >= 15 is 0 Å². The van der Waals surface area contributed by atoms with E-state index in [4.69, 9.17) is 0 Å². The van der Waals surface area contributed by atoms with Crippen molar-refractivity contribution in [3.63, 3.8) is 0 Å². The second kappa shape index (κ2) is 5.87. The lowest BCUT2D eigenvalue weighted by atomic mass is 9.72. The molecule has 0 atom stereocenters. The maximum absolute atomic E-state index is 9.64. The number of hydrogen-bond acceptors (Lipinski definition) is 3. The van der Waals surface area contributed by atoms with E-state index in [2.05, 4.69) is 24.0 Å². The first-order valence-electron chi connectivity index (χ1n) is 6.68. The Hall–Kier alpha value is -1.84. The molecule has 0 saturated carbocycles. The lowest BCUT2D eigenvalue weighted by molar-refractivity contribution is 0.188. The van der Waals surface area contributed by atoms with E-state index in [0.29, 0.717) is 5.56 Å². The van der Waals surface area contributed by atoms with Crippen molar-refractivity contribution in [1.82, 2.24) is 4.90 Å². The molecule has 0 aliphatic carbocycles. The quantitative estimate of drug-likeness (QED) is 0.831. The molecule has 3 nitrogen and oxygen atoms in total. The Morgan fingerprint density at radius 2 is 1.89 bits per heavy atom. The van der Waals surface area contributed by atoms with Gasteiger partial charge in [0.1, 0.15) is 0 Å². The van der Waals surface area contributed by atoms with Gasteiger partial charge in [0.2, 0.25) is 0 Å². The molecule has 1 aromatic carbocycles. The fourth-order valence-corrected chi connectivity index (χ4v) is 2.82. The topological polar surface area (TPSA) is 50.8 Å². The van der Waals surface area contributed by atoms with Crippen LogP contribution in [0.1, 0.15) is 30.4 Å². The third-order valence-corrected chi connectivity index (χ3v) is 3.96. The molecule has 0 unspecified atom stereocenters. The minimum Gasteiger partial charge on any atom is -0.303 e. The highest BCUT2D eigenvalue weighted by molar-refractivity contribution is 5.46. The van der Waals surface area contributed by atoms with E-state index < -0.39 is 5.41 Å². The summed E-state index contributed by atoms with van der Waals surface area (Å²) < 4.78 is 0. The second-order valence-corrected chi connectivity index (χ2v) is 5.05. The van der Waals surface area contributed by atoms with E-state index in [9.17, 15) is 10.5 Å². The van der Waals surface area contributed by atoms with Crippen molar-refractivity contribution in [3.8, 4) is 12.1 Å². The zero-order chi connectivity index (χ0) is 13.7. The zero-order valence-electron chi connectivity index (χ0n) is 11.1. The fraction of sp³-hybridized carbons (Fsp3) is 0.438. The minimum absolute atomic E-state index is 0.496. The van der Waals surface area contributed by atoms with Gasteiger partial charge in [-0.2, -0.15) is 10.5 Å². The van der Waals surface area contributed by atoms with Gasteiger partial charge >= 0.3 is 0 Å². The Morgan fingerprint density at radius 1 is 1.21 bits per heavy atom. The number of nitriles is 2. The van der Waals surface area contributed by atoms with Crippen LogP contribution in [0, 0.1) is 29.6 Å². The molecule has 0 bridgehead atoms. The molecular weight excluding hydrogens is 234 g/mol. The summed E-state index contributed by atoms with van der Waals surface area (Å²) in [4.78, 5) is 2.34. The van der Waals surface area contributed by atoms with Gasteiger partial charge in [0.05, 0.1) is 23.1 Å². The highest BCUT2D eigenvalue weighted by Gasteiger charge is 2.37. The van der Waals surface area contributed by atoms with Crippen LogP contribution in [0.4, 0.5) is 0 Å². The summed E-state index contributed by atoms with van der Waals surface area (Å²) in [6.45, 7) is 6.67. The SMILES string of the molecule is [CH2]CCN1CCC(C#N)(c2ccccc2C#N)CC1. The molecule has 1 aliphatic rings. The van der Waals surface area contributed by atoms with Crippen LogP contribution in [-0.2, 0) is 5.41 Å². The van der Waals surface area contributed by atoms with Gasteiger partial charge in [0.25, 0.3) is 0 Å². The highest BCUT2D eigenvalue weighted by Crippen LogP contribution is 2.36. The van der Waals surface area contributed by atoms with Crippen molar-refractivity contribution < 1.29 is 0 Å². The molecule has 3 heteroatoms. The predicted molar refractivity (Wildman–Crippen MR) is 74.1 cm³/mol. The monoisotopic (exact) mass is 252 g/mol. The first-order valence-corrected chi connectivity index (χ1v) is 6.68. The Balaban J connectivity index is 2.26. The summed E-state index contributed by atoms with van der Waals surface area (Å²) in [5, 5.41) is 18.9. The number of likely N-dealkylation sites (tertiary alicyclic amines) is 1. The molecule has 1 aliphatic heterocycles. The molecule has 0 amide bonds. The first-order chi connectivity index (χ1) is 9.25. The summed E-state index contributed by atoms with van der Waals surface area (Å²) in [6, 6.07) is 12.2. The Kier molecular flexibility index (Phi) is 4.20. The summed E-state index contributed by atoms with van der Waals surface area (Å²) in [5.74, 6) is 0. The smallest absolute Gasteiger partial charge is 0.0995 e. The van der Waals surface area contributed by atoms with Gasteiger partial charge in [-0.1, -0.05) is 25.1 Å². The first kappa shape index (κ1) is 13.6. The van der Waals surface area contributed by atoms with E-state index in [0.717, 1.165) is 44.5 Å². The minimum atomic E-state index is -0.496. The molecule has 1 saturated heterocycles. The van der Waals surface area contributed by atoms with E-state index in [1.807, 2.05) is 18.2 Å². The molecule has 1 heterocycles. The number of benzene rings is 1. The van der Waals surface area contributed by atoms with Crippen LogP contribution in [0.2, 0.25) is 0 Å². The summed E-state index contributed by atoms with van der Waals surface area (Å²) in [6.07, 6.45) is 2.48.